The lowest BCUT2D eigenvalue weighted by atomic mass is 10.1. The van der Waals surface area contributed by atoms with Crippen molar-refractivity contribution in [3.05, 3.63) is 75.5 Å². The van der Waals surface area contributed by atoms with Crippen molar-refractivity contribution in [1.82, 2.24) is 0 Å². The van der Waals surface area contributed by atoms with Crippen LogP contribution in [0.5, 0.6) is 23.0 Å². The first-order valence-corrected chi connectivity index (χ1v) is 10.4. The Balaban J connectivity index is 1.47. The van der Waals surface area contributed by atoms with Crippen LogP contribution in [0.15, 0.2) is 48.5 Å². The molecule has 0 saturated heterocycles. The molecule has 0 unspecified atom stereocenters. The van der Waals surface area contributed by atoms with Gasteiger partial charge in [-0.3, -0.25) is 0 Å². The van der Waals surface area contributed by atoms with Crippen LogP contribution in [0, 0.1) is 5.82 Å². The summed E-state index contributed by atoms with van der Waals surface area (Å²) in [4.78, 5) is 0. The van der Waals surface area contributed by atoms with E-state index in [9.17, 15) is 4.39 Å². The molecule has 0 radical (unpaired) electrons. The summed E-state index contributed by atoms with van der Waals surface area (Å²) in [7, 11) is 1.52. The number of fused-ring (bicyclic) bond motifs is 1. The fraction of sp³-hybridized carbons (Fsp3) is 0.217. The maximum atomic E-state index is 14.0. The number of ether oxygens (including phenoxy) is 4. The summed E-state index contributed by atoms with van der Waals surface area (Å²) in [5.74, 6) is 1.77. The van der Waals surface area contributed by atoms with Crippen LogP contribution in [-0.4, -0.2) is 20.3 Å². The maximum absolute atomic E-state index is 14.0. The van der Waals surface area contributed by atoms with Gasteiger partial charge in [0.2, 0.25) is 0 Å². The second-order valence-corrected chi connectivity index (χ2v) is 7.62. The summed E-state index contributed by atoms with van der Waals surface area (Å²) in [5, 5.41) is 3.96. The fourth-order valence-corrected chi connectivity index (χ4v) is 3.69. The lowest BCUT2D eigenvalue weighted by Gasteiger charge is -2.19. The zero-order valence-corrected chi connectivity index (χ0v) is 18.2. The molecule has 8 heteroatoms. The standard InChI is InChI=1S/C23H20Cl2FNO4/c1-28-22-10-14(12-27-15-5-6-20-21(11-15)30-8-7-29-20)9-18(25)23(22)31-13-16-17(24)3-2-4-19(16)26/h2-6,9-11,27H,7-8,12-13H2,1H3. The molecule has 0 atom stereocenters. The number of hydrogen-bond acceptors (Lipinski definition) is 5. The molecule has 0 aliphatic carbocycles. The van der Waals surface area contributed by atoms with Crippen LogP contribution >= 0.6 is 23.2 Å². The van der Waals surface area contributed by atoms with Crippen LogP contribution in [0.25, 0.3) is 0 Å². The average molecular weight is 464 g/mol. The van der Waals surface area contributed by atoms with Gasteiger partial charge >= 0.3 is 0 Å². The van der Waals surface area contributed by atoms with Crippen LogP contribution in [0.3, 0.4) is 0 Å². The largest absolute Gasteiger partial charge is 0.493 e. The van der Waals surface area contributed by atoms with Gasteiger partial charge in [-0.05, 0) is 42.0 Å². The number of anilines is 1. The molecular weight excluding hydrogens is 444 g/mol. The predicted octanol–water partition coefficient (Wildman–Crippen LogP) is 6.10. The lowest BCUT2D eigenvalue weighted by Crippen LogP contribution is -2.15. The van der Waals surface area contributed by atoms with Crippen LogP contribution < -0.4 is 24.3 Å². The molecule has 1 N–H and O–H groups in total. The Hall–Kier alpha value is -2.83. The van der Waals surface area contributed by atoms with E-state index >= 15 is 0 Å². The average Bonchev–Trinajstić information content (AvgIpc) is 2.78. The Morgan fingerprint density at radius 1 is 1.00 bits per heavy atom. The maximum Gasteiger partial charge on any atom is 0.180 e. The predicted molar refractivity (Wildman–Crippen MR) is 119 cm³/mol. The SMILES string of the molecule is COc1cc(CNc2ccc3c(c2)OCCO3)cc(Cl)c1OCc1c(F)cccc1Cl. The van der Waals surface area contributed by atoms with E-state index in [2.05, 4.69) is 5.32 Å². The normalized spacial score (nSPS) is 12.4. The molecule has 1 aliphatic heterocycles. The zero-order chi connectivity index (χ0) is 21.8. The van der Waals surface area contributed by atoms with E-state index in [1.54, 1.807) is 12.1 Å². The van der Waals surface area contributed by atoms with Crippen molar-refractivity contribution in [2.45, 2.75) is 13.2 Å². The van der Waals surface area contributed by atoms with Crippen LogP contribution in [0.4, 0.5) is 10.1 Å². The van der Waals surface area contributed by atoms with Gasteiger partial charge in [-0.2, -0.15) is 0 Å². The van der Waals surface area contributed by atoms with Gasteiger partial charge in [0.1, 0.15) is 25.6 Å². The minimum atomic E-state index is -0.442. The topological polar surface area (TPSA) is 49.0 Å². The highest BCUT2D eigenvalue weighted by atomic mass is 35.5. The molecule has 0 amide bonds. The van der Waals surface area contributed by atoms with Crippen LogP contribution in [0.1, 0.15) is 11.1 Å². The van der Waals surface area contributed by atoms with E-state index in [4.69, 9.17) is 42.1 Å². The highest BCUT2D eigenvalue weighted by Gasteiger charge is 2.16. The molecule has 1 aliphatic rings. The first kappa shape index (κ1) is 21.4. The number of benzene rings is 3. The third-order valence-electron chi connectivity index (χ3n) is 4.75. The van der Waals surface area contributed by atoms with Crippen molar-refractivity contribution in [2.75, 3.05) is 25.6 Å². The number of methoxy groups -OCH3 is 1. The Bertz CT molecular complexity index is 1070. The quantitative estimate of drug-likeness (QED) is 0.458. The van der Waals surface area contributed by atoms with Crippen molar-refractivity contribution >= 4 is 28.9 Å². The van der Waals surface area contributed by atoms with Crippen molar-refractivity contribution in [3.8, 4) is 23.0 Å². The molecule has 3 aromatic rings. The molecule has 0 fully saturated rings. The summed E-state index contributed by atoms with van der Waals surface area (Å²) in [6.07, 6.45) is 0. The van der Waals surface area contributed by atoms with Crippen molar-refractivity contribution in [2.24, 2.45) is 0 Å². The smallest absolute Gasteiger partial charge is 0.180 e. The monoisotopic (exact) mass is 463 g/mol. The van der Waals surface area contributed by atoms with Gasteiger partial charge in [-0.15, -0.1) is 0 Å². The highest BCUT2D eigenvalue weighted by Crippen LogP contribution is 2.38. The molecule has 162 valence electrons. The minimum Gasteiger partial charge on any atom is -0.493 e. The number of rotatable bonds is 7. The molecular formula is C23H20Cl2FNO4. The van der Waals surface area contributed by atoms with E-state index in [-0.39, 0.29) is 17.2 Å². The Labute approximate surface area is 189 Å². The van der Waals surface area contributed by atoms with Crippen LogP contribution in [0.2, 0.25) is 10.0 Å². The summed E-state index contributed by atoms with van der Waals surface area (Å²) < 4.78 is 36.4. The molecule has 0 aromatic heterocycles. The molecule has 1 heterocycles. The van der Waals surface area contributed by atoms with Gasteiger partial charge in [0, 0.05) is 23.9 Å². The summed E-state index contributed by atoms with van der Waals surface area (Å²) in [6.45, 7) is 1.50. The Morgan fingerprint density at radius 2 is 1.81 bits per heavy atom. The van der Waals surface area contributed by atoms with E-state index < -0.39 is 5.82 Å². The van der Waals surface area contributed by atoms with Gasteiger partial charge in [-0.1, -0.05) is 29.3 Å². The first-order chi connectivity index (χ1) is 15.0. The van der Waals surface area contributed by atoms with Gasteiger partial charge in [0.15, 0.2) is 23.0 Å². The molecule has 0 saturated carbocycles. The molecule has 0 bridgehead atoms. The minimum absolute atomic E-state index is 0.0730. The van der Waals surface area contributed by atoms with E-state index in [0.29, 0.717) is 42.0 Å². The second-order valence-electron chi connectivity index (χ2n) is 6.81. The first-order valence-electron chi connectivity index (χ1n) is 9.61. The lowest BCUT2D eigenvalue weighted by molar-refractivity contribution is 0.171. The summed E-state index contributed by atoms with van der Waals surface area (Å²) in [6, 6.07) is 13.7. The number of halogens is 3. The fourth-order valence-electron chi connectivity index (χ4n) is 3.19. The van der Waals surface area contributed by atoms with Crippen molar-refractivity contribution < 1.29 is 23.3 Å². The number of hydrogen-bond donors (Lipinski definition) is 1. The number of nitrogens with one attached hydrogen (secondary N) is 1. The van der Waals surface area contributed by atoms with Gasteiger partial charge in [0.25, 0.3) is 0 Å². The highest BCUT2D eigenvalue weighted by molar-refractivity contribution is 6.32. The molecule has 4 rings (SSSR count). The zero-order valence-electron chi connectivity index (χ0n) is 16.7. The summed E-state index contributed by atoms with van der Waals surface area (Å²) in [5.41, 5.74) is 2.02. The van der Waals surface area contributed by atoms with Crippen molar-refractivity contribution in [1.29, 1.82) is 0 Å². The Kier molecular flexibility index (Phi) is 6.59. The molecule has 5 nitrogen and oxygen atoms in total. The molecule has 31 heavy (non-hydrogen) atoms. The molecule has 3 aromatic carbocycles. The van der Waals surface area contributed by atoms with E-state index in [1.165, 1.54) is 19.2 Å². The third-order valence-corrected chi connectivity index (χ3v) is 5.39. The van der Waals surface area contributed by atoms with Crippen molar-refractivity contribution in [3.63, 3.8) is 0 Å². The van der Waals surface area contributed by atoms with Gasteiger partial charge in [-0.25, -0.2) is 4.39 Å². The Morgan fingerprint density at radius 3 is 2.58 bits per heavy atom. The van der Waals surface area contributed by atoms with Gasteiger partial charge in [0.05, 0.1) is 17.2 Å². The van der Waals surface area contributed by atoms with E-state index in [1.807, 2.05) is 24.3 Å². The summed E-state index contributed by atoms with van der Waals surface area (Å²) >= 11 is 12.5. The van der Waals surface area contributed by atoms with E-state index in [0.717, 1.165) is 17.0 Å². The molecule has 0 spiro atoms. The third kappa shape index (κ3) is 4.92. The van der Waals surface area contributed by atoms with Crippen LogP contribution in [-0.2, 0) is 13.2 Å². The van der Waals surface area contributed by atoms with Gasteiger partial charge < -0.3 is 24.3 Å². The second kappa shape index (κ2) is 9.54.